The highest BCUT2D eigenvalue weighted by atomic mass is 16.5. The molecular weight excluding hydrogens is 637 g/mol. The second-order valence-corrected chi connectivity index (χ2v) is 13.2. The molecule has 52 heavy (non-hydrogen) atoms. The predicted molar refractivity (Wildman–Crippen MR) is 219 cm³/mol. The summed E-state index contributed by atoms with van der Waals surface area (Å²) in [5, 5.41) is 15.0. The molecule has 0 spiro atoms. The minimum Gasteiger partial charge on any atom is -0.488 e. The van der Waals surface area contributed by atoms with E-state index in [0.717, 1.165) is 22.5 Å². The average Bonchev–Trinajstić information content (AvgIpc) is 3.20. The van der Waals surface area contributed by atoms with Gasteiger partial charge in [-0.25, -0.2) is 0 Å². The average molecular weight is 669 g/mol. The lowest BCUT2D eigenvalue weighted by molar-refractivity contribution is 0.218. The molecule has 10 aromatic rings. The van der Waals surface area contributed by atoms with Gasteiger partial charge in [-0.05, 0) is 88.9 Å². The largest absolute Gasteiger partial charge is 0.488 e. The normalized spacial score (nSPS) is 12.2. The van der Waals surface area contributed by atoms with Gasteiger partial charge in [-0.15, -0.1) is 0 Å². The standard InChI is InChI=1S/C48H32N2O2/c1-3-13-43(41(11-1)49-29-37-21-19-35-17-15-31-7-5-9-33-23-25-39(37)47(35)45(31)33)51-27-28-52-44-14-4-2-12-42(44)50-30-38-22-20-36-18-16-32-8-6-10-34-24-26-40(38)48(36)46(32)34/h1-26,29-30H,27-28H2. The Morgan fingerprint density at radius 1 is 0.346 bits per heavy atom. The van der Waals surface area contributed by atoms with E-state index in [1.165, 1.54) is 64.6 Å². The first kappa shape index (κ1) is 30.1. The van der Waals surface area contributed by atoms with E-state index in [2.05, 4.69) is 109 Å². The molecule has 4 nitrogen and oxygen atoms in total. The lowest BCUT2D eigenvalue weighted by atomic mass is 9.92. The molecule has 0 bridgehead atoms. The first-order valence-corrected chi connectivity index (χ1v) is 17.6. The molecule has 0 unspecified atom stereocenters. The van der Waals surface area contributed by atoms with Gasteiger partial charge in [0.2, 0.25) is 0 Å². The van der Waals surface area contributed by atoms with Gasteiger partial charge < -0.3 is 9.47 Å². The zero-order chi connectivity index (χ0) is 34.4. The van der Waals surface area contributed by atoms with E-state index in [4.69, 9.17) is 19.5 Å². The van der Waals surface area contributed by atoms with Crippen LogP contribution in [-0.4, -0.2) is 25.6 Å². The summed E-state index contributed by atoms with van der Waals surface area (Å²) in [6.45, 7) is 0.719. The second-order valence-electron chi connectivity index (χ2n) is 13.2. The van der Waals surface area contributed by atoms with Crippen LogP contribution in [0.25, 0.3) is 64.6 Å². The molecule has 10 aromatic carbocycles. The van der Waals surface area contributed by atoms with Gasteiger partial charge in [-0.1, -0.05) is 133 Å². The minimum atomic E-state index is 0.359. The zero-order valence-corrected chi connectivity index (χ0v) is 28.3. The van der Waals surface area contributed by atoms with Crippen molar-refractivity contribution in [2.45, 2.75) is 0 Å². The van der Waals surface area contributed by atoms with Gasteiger partial charge >= 0.3 is 0 Å². The summed E-state index contributed by atoms with van der Waals surface area (Å²) in [6.07, 6.45) is 3.89. The summed E-state index contributed by atoms with van der Waals surface area (Å²) in [6, 6.07) is 55.0. The van der Waals surface area contributed by atoms with Crippen LogP contribution in [0.15, 0.2) is 168 Å². The van der Waals surface area contributed by atoms with Crippen LogP contribution in [0.3, 0.4) is 0 Å². The van der Waals surface area contributed by atoms with E-state index in [0.29, 0.717) is 24.7 Å². The molecule has 0 fully saturated rings. The minimum absolute atomic E-state index is 0.359. The molecular formula is C48H32N2O2. The number of nitrogens with zero attached hydrogens (tertiary/aromatic N) is 2. The van der Waals surface area contributed by atoms with Crippen LogP contribution in [-0.2, 0) is 0 Å². The molecule has 246 valence electrons. The van der Waals surface area contributed by atoms with Crippen LogP contribution < -0.4 is 9.47 Å². The van der Waals surface area contributed by atoms with Gasteiger partial charge in [0, 0.05) is 23.6 Å². The highest BCUT2D eigenvalue weighted by Gasteiger charge is 2.12. The number of ether oxygens (including phenoxy) is 2. The van der Waals surface area contributed by atoms with Crippen molar-refractivity contribution in [1.29, 1.82) is 0 Å². The smallest absolute Gasteiger partial charge is 0.145 e. The number of hydrogen-bond acceptors (Lipinski definition) is 4. The van der Waals surface area contributed by atoms with Gasteiger partial charge in [0.1, 0.15) is 36.1 Å². The molecule has 0 saturated carbocycles. The third-order valence-corrected chi connectivity index (χ3v) is 10.1. The third kappa shape index (κ3) is 5.16. The fourth-order valence-corrected chi connectivity index (χ4v) is 7.69. The van der Waals surface area contributed by atoms with Crippen molar-refractivity contribution in [3.63, 3.8) is 0 Å². The van der Waals surface area contributed by atoms with Crippen molar-refractivity contribution in [2.75, 3.05) is 13.2 Å². The highest BCUT2D eigenvalue weighted by Crippen LogP contribution is 2.38. The molecule has 0 saturated heterocycles. The molecule has 0 amide bonds. The molecule has 0 aromatic heterocycles. The molecule has 10 rings (SSSR count). The Bertz CT molecular complexity index is 2740. The Labute approximate surface area is 300 Å². The number of para-hydroxylation sites is 4. The fourth-order valence-electron chi connectivity index (χ4n) is 7.69. The van der Waals surface area contributed by atoms with E-state index >= 15 is 0 Å². The maximum Gasteiger partial charge on any atom is 0.145 e. The van der Waals surface area contributed by atoms with Gasteiger partial charge in [0.15, 0.2) is 0 Å². The van der Waals surface area contributed by atoms with E-state index in [1.54, 1.807) is 0 Å². The summed E-state index contributed by atoms with van der Waals surface area (Å²) < 4.78 is 12.4. The topological polar surface area (TPSA) is 43.2 Å². The summed E-state index contributed by atoms with van der Waals surface area (Å²) in [5.74, 6) is 1.42. The number of rotatable bonds is 9. The Hall–Kier alpha value is -6.78. The zero-order valence-electron chi connectivity index (χ0n) is 28.3. The van der Waals surface area contributed by atoms with Crippen molar-refractivity contribution in [1.82, 2.24) is 0 Å². The summed E-state index contributed by atoms with van der Waals surface area (Å²) in [4.78, 5) is 9.80. The van der Waals surface area contributed by atoms with Crippen LogP contribution in [0.2, 0.25) is 0 Å². The van der Waals surface area contributed by atoms with Gasteiger partial charge in [0.05, 0.1) is 0 Å². The first-order valence-electron chi connectivity index (χ1n) is 17.6. The number of aliphatic imine (C=N–C) groups is 2. The molecule has 4 heteroatoms. The molecule has 0 aliphatic rings. The maximum atomic E-state index is 6.22. The van der Waals surface area contributed by atoms with Crippen LogP contribution in [0.1, 0.15) is 11.1 Å². The van der Waals surface area contributed by atoms with Crippen LogP contribution in [0, 0.1) is 0 Å². The lowest BCUT2D eigenvalue weighted by Crippen LogP contribution is -2.09. The highest BCUT2D eigenvalue weighted by molar-refractivity contribution is 6.26. The second kappa shape index (κ2) is 12.5. The predicted octanol–water partition coefficient (Wildman–Crippen LogP) is 12.4. The molecule has 0 aliphatic heterocycles. The van der Waals surface area contributed by atoms with Gasteiger partial charge in [-0.3, -0.25) is 9.98 Å². The Morgan fingerprint density at radius 3 is 1.15 bits per heavy atom. The first-order chi connectivity index (χ1) is 25.8. The van der Waals surface area contributed by atoms with Gasteiger partial charge in [-0.2, -0.15) is 0 Å². The quantitative estimate of drug-likeness (QED) is 0.0873. The maximum absolute atomic E-state index is 6.22. The SMILES string of the molecule is C(=Nc1ccccc1OCCOc1ccccc1N=Cc1ccc2ccc3cccc4ccc1c2c34)c1ccc2ccc3cccc4ccc1c2c34. The van der Waals surface area contributed by atoms with Crippen molar-refractivity contribution in [3.05, 3.63) is 169 Å². The van der Waals surface area contributed by atoms with E-state index in [-0.39, 0.29) is 0 Å². The summed E-state index contributed by atoms with van der Waals surface area (Å²) >= 11 is 0. The van der Waals surface area contributed by atoms with E-state index in [9.17, 15) is 0 Å². The third-order valence-electron chi connectivity index (χ3n) is 10.1. The fraction of sp³-hybridized carbons (Fsp3) is 0.0417. The molecule has 0 atom stereocenters. The Kier molecular flexibility index (Phi) is 7.24. The van der Waals surface area contributed by atoms with Crippen molar-refractivity contribution < 1.29 is 9.47 Å². The Morgan fingerprint density at radius 2 is 0.712 bits per heavy atom. The molecule has 0 heterocycles. The van der Waals surface area contributed by atoms with Crippen LogP contribution in [0.4, 0.5) is 11.4 Å². The number of hydrogen-bond donors (Lipinski definition) is 0. The van der Waals surface area contributed by atoms with Crippen molar-refractivity contribution in [2.24, 2.45) is 9.98 Å². The van der Waals surface area contributed by atoms with Crippen LogP contribution in [0.5, 0.6) is 11.5 Å². The van der Waals surface area contributed by atoms with Crippen molar-refractivity contribution in [3.8, 4) is 11.5 Å². The molecule has 0 radical (unpaired) electrons. The molecule has 0 N–H and O–H groups in total. The molecule has 0 aliphatic carbocycles. The van der Waals surface area contributed by atoms with E-state index < -0.39 is 0 Å². The van der Waals surface area contributed by atoms with E-state index in [1.807, 2.05) is 61.0 Å². The van der Waals surface area contributed by atoms with Crippen LogP contribution >= 0.6 is 0 Å². The number of benzene rings is 10. The van der Waals surface area contributed by atoms with Gasteiger partial charge in [0.25, 0.3) is 0 Å². The van der Waals surface area contributed by atoms with Crippen molar-refractivity contribution >= 4 is 88.4 Å². The monoisotopic (exact) mass is 668 g/mol. The lowest BCUT2D eigenvalue weighted by Gasteiger charge is -2.13. The Balaban J connectivity index is 0.858. The summed E-state index contributed by atoms with van der Waals surface area (Å²) in [5.41, 5.74) is 3.68. The summed E-state index contributed by atoms with van der Waals surface area (Å²) in [7, 11) is 0.